The van der Waals surface area contributed by atoms with Crippen molar-refractivity contribution in [1.82, 2.24) is 4.90 Å². The van der Waals surface area contributed by atoms with Crippen LogP contribution in [-0.4, -0.2) is 29.8 Å². The first kappa shape index (κ1) is 15.0. The van der Waals surface area contributed by atoms with Gasteiger partial charge in [0.25, 0.3) is 0 Å². The van der Waals surface area contributed by atoms with Crippen molar-refractivity contribution in [2.45, 2.75) is 25.2 Å². The van der Waals surface area contributed by atoms with Crippen LogP contribution < -0.4 is 4.74 Å². The Morgan fingerprint density at radius 2 is 2.00 bits per heavy atom. The SMILES string of the molecule is COc1ccccc1CN(C)C(=O)C(Br)C(C)C. The van der Waals surface area contributed by atoms with Crippen LogP contribution in [0.25, 0.3) is 0 Å². The average molecular weight is 314 g/mol. The van der Waals surface area contributed by atoms with Crippen molar-refractivity contribution in [3.63, 3.8) is 0 Å². The summed E-state index contributed by atoms with van der Waals surface area (Å²) in [6.07, 6.45) is 0. The van der Waals surface area contributed by atoms with E-state index in [0.717, 1.165) is 11.3 Å². The Labute approximate surface area is 117 Å². The predicted molar refractivity (Wildman–Crippen MR) is 77.0 cm³/mol. The molecule has 3 nitrogen and oxygen atoms in total. The number of carbonyl (C=O) groups excluding carboxylic acids is 1. The molecule has 1 unspecified atom stereocenters. The Morgan fingerprint density at radius 1 is 1.39 bits per heavy atom. The van der Waals surface area contributed by atoms with Gasteiger partial charge in [0, 0.05) is 19.2 Å². The quantitative estimate of drug-likeness (QED) is 0.782. The second-order valence-corrected chi connectivity index (χ2v) is 5.64. The maximum Gasteiger partial charge on any atom is 0.236 e. The molecule has 0 saturated carbocycles. The van der Waals surface area contributed by atoms with Gasteiger partial charge in [-0.1, -0.05) is 48.0 Å². The van der Waals surface area contributed by atoms with E-state index in [2.05, 4.69) is 15.9 Å². The maximum absolute atomic E-state index is 12.1. The van der Waals surface area contributed by atoms with Gasteiger partial charge in [0.05, 0.1) is 11.9 Å². The van der Waals surface area contributed by atoms with E-state index in [1.165, 1.54) is 0 Å². The van der Waals surface area contributed by atoms with Crippen LogP contribution in [-0.2, 0) is 11.3 Å². The Hall–Kier alpha value is -1.03. The van der Waals surface area contributed by atoms with Crippen molar-refractivity contribution in [2.75, 3.05) is 14.2 Å². The smallest absolute Gasteiger partial charge is 0.236 e. The molecule has 0 heterocycles. The minimum Gasteiger partial charge on any atom is -0.496 e. The van der Waals surface area contributed by atoms with Crippen molar-refractivity contribution >= 4 is 21.8 Å². The van der Waals surface area contributed by atoms with Crippen LogP contribution in [0.2, 0.25) is 0 Å². The molecule has 1 atom stereocenters. The van der Waals surface area contributed by atoms with Gasteiger partial charge >= 0.3 is 0 Å². The van der Waals surface area contributed by atoms with Crippen LogP contribution in [0.1, 0.15) is 19.4 Å². The number of methoxy groups -OCH3 is 1. The topological polar surface area (TPSA) is 29.5 Å². The zero-order chi connectivity index (χ0) is 13.7. The summed E-state index contributed by atoms with van der Waals surface area (Å²) < 4.78 is 5.28. The molecule has 0 aliphatic rings. The summed E-state index contributed by atoms with van der Waals surface area (Å²) in [6, 6.07) is 7.75. The fourth-order valence-electron chi connectivity index (χ4n) is 1.66. The van der Waals surface area contributed by atoms with Crippen LogP contribution in [0.3, 0.4) is 0 Å². The van der Waals surface area contributed by atoms with Gasteiger partial charge in [-0.25, -0.2) is 0 Å². The highest BCUT2D eigenvalue weighted by Crippen LogP contribution is 2.21. The van der Waals surface area contributed by atoms with Gasteiger partial charge in [-0.2, -0.15) is 0 Å². The number of hydrogen-bond acceptors (Lipinski definition) is 2. The summed E-state index contributed by atoms with van der Waals surface area (Å²) in [4.78, 5) is 13.7. The van der Waals surface area contributed by atoms with E-state index in [4.69, 9.17) is 4.74 Å². The molecule has 0 N–H and O–H groups in total. The highest BCUT2D eigenvalue weighted by molar-refractivity contribution is 9.10. The van der Waals surface area contributed by atoms with E-state index in [0.29, 0.717) is 6.54 Å². The lowest BCUT2D eigenvalue weighted by molar-refractivity contribution is -0.130. The summed E-state index contributed by atoms with van der Waals surface area (Å²) in [5.74, 6) is 1.18. The molecule has 0 bridgehead atoms. The number of carbonyl (C=O) groups is 1. The third-order valence-electron chi connectivity index (χ3n) is 2.80. The van der Waals surface area contributed by atoms with Gasteiger partial charge in [-0.15, -0.1) is 0 Å². The maximum atomic E-state index is 12.1. The predicted octanol–water partition coefficient (Wildman–Crippen LogP) is 3.07. The monoisotopic (exact) mass is 313 g/mol. The van der Waals surface area contributed by atoms with Crippen LogP contribution >= 0.6 is 15.9 Å². The number of amides is 1. The zero-order valence-electron chi connectivity index (χ0n) is 11.3. The van der Waals surface area contributed by atoms with Gasteiger partial charge in [0.2, 0.25) is 5.91 Å². The number of alkyl halides is 1. The minimum atomic E-state index is -0.141. The van der Waals surface area contributed by atoms with E-state index in [1.807, 2.05) is 45.2 Å². The van der Waals surface area contributed by atoms with Crippen LogP contribution in [0.15, 0.2) is 24.3 Å². The molecule has 1 aromatic carbocycles. The van der Waals surface area contributed by atoms with Crippen molar-refractivity contribution < 1.29 is 9.53 Å². The lowest BCUT2D eigenvalue weighted by atomic mass is 10.1. The standard InChI is InChI=1S/C14H20BrNO2/c1-10(2)13(15)14(17)16(3)9-11-7-5-6-8-12(11)18-4/h5-8,10,13H,9H2,1-4H3. The van der Waals surface area contributed by atoms with E-state index in [-0.39, 0.29) is 16.7 Å². The highest BCUT2D eigenvalue weighted by Gasteiger charge is 2.22. The minimum absolute atomic E-state index is 0.0934. The Balaban J connectivity index is 2.75. The summed E-state index contributed by atoms with van der Waals surface area (Å²) in [5.41, 5.74) is 1.01. The van der Waals surface area contributed by atoms with E-state index in [1.54, 1.807) is 12.0 Å². The molecule has 0 aromatic heterocycles. The van der Waals surface area contributed by atoms with Crippen molar-refractivity contribution in [3.8, 4) is 5.75 Å². The fourth-order valence-corrected chi connectivity index (χ4v) is 2.01. The lowest BCUT2D eigenvalue weighted by Gasteiger charge is -2.23. The zero-order valence-corrected chi connectivity index (χ0v) is 12.9. The molecule has 100 valence electrons. The molecule has 1 aromatic rings. The van der Waals surface area contributed by atoms with Crippen molar-refractivity contribution in [1.29, 1.82) is 0 Å². The van der Waals surface area contributed by atoms with Gasteiger partial charge in [0.15, 0.2) is 0 Å². The molecule has 0 aliphatic carbocycles. The summed E-state index contributed by atoms with van der Waals surface area (Å²) in [5, 5.41) is 0. The molecular weight excluding hydrogens is 294 g/mol. The summed E-state index contributed by atoms with van der Waals surface area (Å²) >= 11 is 3.43. The van der Waals surface area contributed by atoms with Gasteiger partial charge in [0.1, 0.15) is 5.75 Å². The van der Waals surface area contributed by atoms with Gasteiger partial charge < -0.3 is 9.64 Å². The molecule has 18 heavy (non-hydrogen) atoms. The summed E-state index contributed by atoms with van der Waals surface area (Å²) in [7, 11) is 3.45. The third-order valence-corrected chi connectivity index (χ3v) is 4.25. The second-order valence-electron chi connectivity index (χ2n) is 4.65. The number of ether oxygens (including phenoxy) is 1. The first-order chi connectivity index (χ1) is 8.47. The molecule has 0 saturated heterocycles. The fraction of sp³-hybridized carbons (Fsp3) is 0.500. The van der Waals surface area contributed by atoms with Crippen LogP contribution in [0, 0.1) is 5.92 Å². The molecular formula is C14H20BrNO2. The molecule has 0 spiro atoms. The van der Waals surface area contributed by atoms with Crippen LogP contribution in [0.4, 0.5) is 0 Å². The Kier molecular flexibility index (Phi) is 5.66. The number of nitrogens with zero attached hydrogens (tertiary/aromatic N) is 1. The number of rotatable bonds is 5. The molecule has 1 amide bonds. The normalized spacial score (nSPS) is 12.3. The second kappa shape index (κ2) is 6.78. The first-order valence-corrected chi connectivity index (χ1v) is 6.90. The summed E-state index contributed by atoms with van der Waals surface area (Å²) in [6.45, 7) is 4.60. The van der Waals surface area contributed by atoms with Crippen molar-refractivity contribution in [3.05, 3.63) is 29.8 Å². The number of halogens is 1. The van der Waals surface area contributed by atoms with Crippen molar-refractivity contribution in [2.24, 2.45) is 5.92 Å². The largest absolute Gasteiger partial charge is 0.496 e. The van der Waals surface area contributed by atoms with E-state index in [9.17, 15) is 4.79 Å². The van der Waals surface area contributed by atoms with E-state index < -0.39 is 0 Å². The molecule has 1 rings (SSSR count). The third kappa shape index (κ3) is 3.73. The van der Waals surface area contributed by atoms with Crippen LogP contribution in [0.5, 0.6) is 5.75 Å². The average Bonchev–Trinajstić information content (AvgIpc) is 2.37. The number of benzene rings is 1. The number of hydrogen-bond donors (Lipinski definition) is 0. The Bertz CT molecular complexity index is 407. The van der Waals surface area contributed by atoms with Gasteiger partial charge in [-0.05, 0) is 12.0 Å². The van der Waals surface area contributed by atoms with E-state index >= 15 is 0 Å². The molecule has 0 radical (unpaired) electrons. The Morgan fingerprint density at radius 3 is 2.56 bits per heavy atom. The highest BCUT2D eigenvalue weighted by atomic mass is 79.9. The number of para-hydroxylation sites is 1. The molecule has 0 fully saturated rings. The first-order valence-electron chi connectivity index (χ1n) is 5.98. The molecule has 4 heteroatoms. The van der Waals surface area contributed by atoms with Gasteiger partial charge in [-0.3, -0.25) is 4.79 Å². The lowest BCUT2D eigenvalue weighted by Crippen LogP contribution is -2.35. The molecule has 0 aliphatic heterocycles.